The zero-order chi connectivity index (χ0) is 28.7. The van der Waals surface area contributed by atoms with Gasteiger partial charge in [-0.25, -0.2) is 4.98 Å². The molecule has 208 valence electrons. The summed E-state index contributed by atoms with van der Waals surface area (Å²) >= 11 is 0. The Balaban J connectivity index is 1.35. The van der Waals surface area contributed by atoms with Crippen molar-refractivity contribution in [1.82, 2.24) is 25.0 Å². The first kappa shape index (κ1) is 26.5. The minimum absolute atomic E-state index is 0.0725. The third kappa shape index (κ3) is 5.00. The van der Waals surface area contributed by atoms with E-state index >= 15 is 0 Å². The molecule has 4 N–H and O–H groups in total. The molecule has 0 aliphatic heterocycles. The lowest BCUT2D eigenvalue weighted by atomic mass is 10.1. The number of methoxy groups -OCH3 is 1. The Morgan fingerprint density at radius 2 is 1.78 bits per heavy atom. The molecule has 0 unspecified atom stereocenters. The van der Waals surface area contributed by atoms with Crippen LogP contribution in [0.2, 0.25) is 0 Å². The lowest BCUT2D eigenvalue weighted by Crippen LogP contribution is -2.20. The Labute approximate surface area is 236 Å². The second kappa shape index (κ2) is 10.3. The molecule has 13 heteroatoms. The second-order valence-corrected chi connectivity index (χ2v) is 13.5. The predicted octanol–water partition coefficient (Wildman–Crippen LogP) is 4.05. The molecule has 0 saturated heterocycles. The number of nitrogens with one attached hydrogen (secondary N) is 2. The number of amides is 1. The average molecular weight is 570 g/mol. The normalized spacial score (nSPS) is 14.8. The maximum atomic E-state index is 14.2. The minimum Gasteiger partial charge on any atom is -0.494 e. The van der Waals surface area contributed by atoms with Crippen molar-refractivity contribution in [3.05, 3.63) is 59.9 Å². The maximum Gasteiger partial charge on any atom is 0.271 e. The van der Waals surface area contributed by atoms with Gasteiger partial charge in [-0.3, -0.25) is 9.48 Å². The van der Waals surface area contributed by atoms with Gasteiger partial charge in [0, 0.05) is 30.0 Å². The van der Waals surface area contributed by atoms with Crippen LogP contribution in [0.25, 0.3) is 11.3 Å². The number of ether oxygens (including phenoxy) is 1. The molecule has 4 aromatic rings. The van der Waals surface area contributed by atoms with E-state index in [-0.39, 0.29) is 34.2 Å². The highest BCUT2D eigenvalue weighted by atomic mass is 31.2. The largest absolute Gasteiger partial charge is 0.494 e. The number of anilines is 4. The molecule has 0 atom stereocenters. The zero-order valence-corrected chi connectivity index (χ0v) is 23.4. The first-order valence-electron chi connectivity index (χ1n) is 13.2. The number of aromatic nitrogens is 5. The highest BCUT2D eigenvalue weighted by molar-refractivity contribution is 7.73. The summed E-state index contributed by atoms with van der Waals surface area (Å²) in [5, 5.41) is 28.1. The number of aryl methyl sites for hydroxylation is 1. The van der Waals surface area contributed by atoms with Gasteiger partial charge in [-0.15, -0.1) is 10.2 Å². The number of rotatable bonds is 10. The first-order chi connectivity index (χ1) is 19.8. The third-order valence-electron chi connectivity index (χ3n) is 7.30. The lowest BCUT2D eigenvalue weighted by Gasteiger charge is -2.17. The standard InChI is InChI=1S/C28H28N9O3P/c1-37-25(41(39,17-9-10-17)18-11-12-18)14-21(36-37)19-6-4-7-20(27(19)40-2)32-22-13-24(34-35-26(22)28(30)38)33-23-8-3-5-16(15-29)31-23/h3-8,13-14,17-18H,9-12H2,1-2H3,(H2,30,38)(H2,31,32,33,34). The first-order valence-corrected chi connectivity index (χ1v) is 15.1. The molecule has 41 heavy (non-hydrogen) atoms. The van der Waals surface area contributed by atoms with Crippen molar-refractivity contribution in [3.8, 4) is 23.1 Å². The summed E-state index contributed by atoms with van der Waals surface area (Å²) in [6, 6.07) is 16.0. The fourth-order valence-corrected chi connectivity index (χ4v) is 9.13. The average Bonchev–Trinajstić information content (AvgIpc) is 3.90. The van der Waals surface area contributed by atoms with Gasteiger partial charge in [0.1, 0.15) is 24.7 Å². The van der Waals surface area contributed by atoms with Crippen molar-refractivity contribution in [3.63, 3.8) is 0 Å². The molecule has 1 aromatic carbocycles. The number of primary amides is 1. The Morgan fingerprint density at radius 1 is 1.05 bits per heavy atom. The van der Waals surface area contributed by atoms with Crippen molar-refractivity contribution in [2.45, 2.75) is 37.0 Å². The van der Waals surface area contributed by atoms with Crippen molar-refractivity contribution in [2.24, 2.45) is 12.8 Å². The van der Waals surface area contributed by atoms with Gasteiger partial charge in [-0.2, -0.15) is 10.4 Å². The van der Waals surface area contributed by atoms with Crippen LogP contribution in [0.1, 0.15) is 41.9 Å². The quantitative estimate of drug-likeness (QED) is 0.236. The number of pyridine rings is 1. The van der Waals surface area contributed by atoms with E-state index in [1.165, 1.54) is 0 Å². The Bertz CT molecular complexity index is 1740. The summed E-state index contributed by atoms with van der Waals surface area (Å²) in [4.78, 5) is 16.4. The van der Waals surface area contributed by atoms with Gasteiger partial charge in [0.05, 0.1) is 29.6 Å². The van der Waals surface area contributed by atoms with Crippen LogP contribution in [0, 0.1) is 11.3 Å². The van der Waals surface area contributed by atoms with Crippen LogP contribution in [-0.4, -0.2) is 49.3 Å². The number of nitrogens with zero attached hydrogens (tertiary/aromatic N) is 6. The van der Waals surface area contributed by atoms with Gasteiger partial charge in [0.2, 0.25) is 0 Å². The molecule has 12 nitrogen and oxygen atoms in total. The molecule has 6 rings (SSSR count). The summed E-state index contributed by atoms with van der Waals surface area (Å²) in [5.74, 6) is 0.378. The van der Waals surface area contributed by atoms with Crippen molar-refractivity contribution in [2.75, 3.05) is 17.7 Å². The van der Waals surface area contributed by atoms with Crippen LogP contribution >= 0.6 is 7.14 Å². The van der Waals surface area contributed by atoms with E-state index < -0.39 is 13.0 Å². The lowest BCUT2D eigenvalue weighted by molar-refractivity contribution is 0.0995. The smallest absolute Gasteiger partial charge is 0.271 e. The second-order valence-electron chi connectivity index (χ2n) is 10.2. The molecule has 0 spiro atoms. The highest BCUT2D eigenvalue weighted by Crippen LogP contribution is 2.69. The van der Waals surface area contributed by atoms with E-state index in [0.29, 0.717) is 28.5 Å². The van der Waals surface area contributed by atoms with Crippen LogP contribution in [0.4, 0.5) is 23.0 Å². The number of carbonyl (C=O) groups is 1. The summed E-state index contributed by atoms with van der Waals surface area (Å²) in [5.41, 5.74) is 9.29. The molecule has 0 bridgehead atoms. The Kier molecular flexibility index (Phi) is 6.67. The molecule has 2 fully saturated rings. The SMILES string of the molecule is COc1c(Nc2cc(Nc3cccc(C#N)n3)nnc2C(N)=O)cccc1-c1cc(P(=O)(C2CC2)C2CC2)n(C)n1. The number of benzene rings is 1. The van der Waals surface area contributed by atoms with Crippen LogP contribution < -0.4 is 26.5 Å². The number of nitriles is 1. The molecule has 1 amide bonds. The van der Waals surface area contributed by atoms with E-state index in [9.17, 15) is 9.36 Å². The Hall–Kier alpha value is -4.75. The number of carbonyl (C=O) groups excluding carboxylic acids is 1. The van der Waals surface area contributed by atoms with Crippen molar-refractivity contribution in [1.29, 1.82) is 5.26 Å². The fraction of sp³-hybridized carbons (Fsp3) is 0.286. The molecule has 2 aliphatic carbocycles. The van der Waals surface area contributed by atoms with Gasteiger partial charge < -0.3 is 25.7 Å². The molecule has 2 aliphatic rings. The van der Waals surface area contributed by atoms with Crippen LogP contribution in [0.5, 0.6) is 5.75 Å². The highest BCUT2D eigenvalue weighted by Gasteiger charge is 2.53. The van der Waals surface area contributed by atoms with Crippen molar-refractivity contribution >= 4 is 41.5 Å². The van der Waals surface area contributed by atoms with Crippen molar-refractivity contribution < 1.29 is 14.1 Å². The van der Waals surface area contributed by atoms with Gasteiger partial charge in [-0.1, -0.05) is 12.1 Å². The van der Waals surface area contributed by atoms with E-state index in [2.05, 4.69) is 25.8 Å². The van der Waals surface area contributed by atoms with Gasteiger partial charge in [0.15, 0.2) is 17.3 Å². The number of nitrogens with two attached hydrogens (primary N) is 1. The molecular weight excluding hydrogens is 541 g/mol. The van der Waals surface area contributed by atoms with E-state index in [1.807, 2.05) is 31.3 Å². The van der Waals surface area contributed by atoms with Crippen LogP contribution in [-0.2, 0) is 11.6 Å². The Morgan fingerprint density at radius 3 is 2.44 bits per heavy atom. The minimum atomic E-state index is -2.53. The summed E-state index contributed by atoms with van der Waals surface area (Å²) in [6.07, 6.45) is 4.04. The maximum absolute atomic E-state index is 14.2. The van der Waals surface area contributed by atoms with Gasteiger partial charge in [0.25, 0.3) is 5.91 Å². The summed E-state index contributed by atoms with van der Waals surface area (Å²) < 4.78 is 21.8. The third-order valence-corrected chi connectivity index (χ3v) is 11.6. The monoisotopic (exact) mass is 569 g/mol. The van der Waals surface area contributed by atoms with Gasteiger partial charge >= 0.3 is 0 Å². The molecule has 2 saturated carbocycles. The van der Waals surface area contributed by atoms with E-state index in [1.54, 1.807) is 42.1 Å². The molecule has 3 aromatic heterocycles. The van der Waals surface area contributed by atoms with E-state index in [4.69, 9.17) is 20.8 Å². The number of hydrogen-bond donors (Lipinski definition) is 3. The number of para-hydroxylation sites is 1. The molecular formula is C28H28N9O3P. The molecule has 3 heterocycles. The summed E-state index contributed by atoms with van der Waals surface area (Å²) in [6.45, 7) is 0. The topological polar surface area (TPSA) is 174 Å². The van der Waals surface area contributed by atoms with Crippen LogP contribution in [0.15, 0.2) is 48.5 Å². The predicted molar refractivity (Wildman–Crippen MR) is 155 cm³/mol. The van der Waals surface area contributed by atoms with Crippen LogP contribution in [0.3, 0.4) is 0 Å². The summed E-state index contributed by atoms with van der Waals surface area (Å²) in [7, 11) is 0.868. The van der Waals surface area contributed by atoms with Gasteiger partial charge in [-0.05, 0) is 56.0 Å². The molecule has 0 radical (unpaired) electrons. The number of hydrogen-bond acceptors (Lipinski definition) is 10. The zero-order valence-electron chi connectivity index (χ0n) is 22.5. The fourth-order valence-electron chi connectivity index (χ4n) is 5.13. The van der Waals surface area contributed by atoms with E-state index in [0.717, 1.165) is 31.1 Å².